The maximum atomic E-state index is 12.1. The third-order valence-electron chi connectivity index (χ3n) is 3.20. The van der Waals surface area contributed by atoms with Gasteiger partial charge in [0.1, 0.15) is 0 Å². The van der Waals surface area contributed by atoms with Gasteiger partial charge in [0.15, 0.2) is 19.7 Å². The minimum atomic E-state index is -3.30. The van der Waals surface area contributed by atoms with E-state index in [4.69, 9.17) is 0 Å². The van der Waals surface area contributed by atoms with Gasteiger partial charge < -0.3 is 0 Å². The highest BCUT2D eigenvalue weighted by molar-refractivity contribution is 8.01. The number of sulfone groups is 2. The van der Waals surface area contributed by atoms with E-state index in [2.05, 4.69) is 0 Å². The van der Waals surface area contributed by atoms with Crippen LogP contribution in [0.2, 0.25) is 0 Å². The van der Waals surface area contributed by atoms with Gasteiger partial charge in [0.2, 0.25) is 0 Å². The molecule has 0 unspecified atom stereocenters. The average molecular weight is 371 g/mol. The van der Waals surface area contributed by atoms with E-state index in [9.17, 15) is 16.8 Å². The van der Waals surface area contributed by atoms with Gasteiger partial charge in [-0.2, -0.15) is 11.8 Å². The Morgan fingerprint density at radius 3 is 1.30 bits per heavy atom. The first-order valence-electron chi connectivity index (χ1n) is 7.05. The smallest absolute Gasteiger partial charge is 0.179 e. The molecule has 0 heterocycles. The van der Waals surface area contributed by atoms with Crippen LogP contribution in [0.5, 0.6) is 0 Å². The molecule has 0 radical (unpaired) electrons. The van der Waals surface area contributed by atoms with Crippen molar-refractivity contribution < 1.29 is 16.8 Å². The first kappa shape index (κ1) is 18.0. The van der Waals surface area contributed by atoms with Gasteiger partial charge in [0.25, 0.3) is 0 Å². The molecule has 0 bridgehead atoms. The van der Waals surface area contributed by atoms with Crippen LogP contribution in [-0.2, 0) is 19.7 Å². The highest BCUT2D eigenvalue weighted by Crippen LogP contribution is 2.15. The van der Waals surface area contributed by atoms with Crippen molar-refractivity contribution in [1.29, 1.82) is 0 Å². The SMILES string of the molecule is O=S(=O)(CCSCCS(=O)(=O)c1ccccc1)c1ccccc1. The molecule has 0 aliphatic carbocycles. The van der Waals surface area contributed by atoms with E-state index in [0.717, 1.165) is 0 Å². The molecule has 0 atom stereocenters. The van der Waals surface area contributed by atoms with E-state index >= 15 is 0 Å². The van der Waals surface area contributed by atoms with Crippen LogP contribution in [0, 0.1) is 0 Å². The van der Waals surface area contributed by atoms with E-state index in [1.807, 2.05) is 0 Å². The molecule has 0 fully saturated rings. The zero-order valence-corrected chi connectivity index (χ0v) is 14.9. The second kappa shape index (κ2) is 7.99. The van der Waals surface area contributed by atoms with Crippen LogP contribution in [0.15, 0.2) is 70.5 Å². The Morgan fingerprint density at radius 1 is 0.609 bits per heavy atom. The molecule has 0 saturated carbocycles. The van der Waals surface area contributed by atoms with Crippen LogP contribution >= 0.6 is 11.8 Å². The Kier molecular flexibility index (Phi) is 6.26. The molecule has 124 valence electrons. The summed E-state index contributed by atoms with van der Waals surface area (Å²) in [6, 6.07) is 16.6. The van der Waals surface area contributed by atoms with E-state index in [1.54, 1.807) is 60.7 Å². The molecule has 2 rings (SSSR count). The van der Waals surface area contributed by atoms with Crippen LogP contribution in [0.4, 0.5) is 0 Å². The lowest BCUT2D eigenvalue weighted by Crippen LogP contribution is -2.12. The van der Waals surface area contributed by atoms with Gasteiger partial charge in [0.05, 0.1) is 21.3 Å². The summed E-state index contributed by atoms with van der Waals surface area (Å²) >= 11 is 1.34. The summed E-state index contributed by atoms with van der Waals surface area (Å²) in [5.41, 5.74) is 0. The summed E-state index contributed by atoms with van der Waals surface area (Å²) in [7, 11) is -6.60. The summed E-state index contributed by atoms with van der Waals surface area (Å²) < 4.78 is 48.3. The third-order valence-corrected chi connectivity index (χ3v) is 8.16. The van der Waals surface area contributed by atoms with Crippen molar-refractivity contribution in [2.45, 2.75) is 9.79 Å². The van der Waals surface area contributed by atoms with Gasteiger partial charge in [-0.05, 0) is 24.3 Å². The molecule has 0 aliphatic heterocycles. The maximum absolute atomic E-state index is 12.1. The summed E-state index contributed by atoms with van der Waals surface area (Å²) in [6.07, 6.45) is 0. The lowest BCUT2D eigenvalue weighted by atomic mass is 10.4. The molecular formula is C16H18O4S3. The van der Waals surface area contributed by atoms with Crippen LogP contribution < -0.4 is 0 Å². The number of thioether (sulfide) groups is 1. The van der Waals surface area contributed by atoms with Crippen molar-refractivity contribution in [2.24, 2.45) is 0 Å². The summed E-state index contributed by atoms with van der Waals surface area (Å²) in [6.45, 7) is 0. The molecule has 0 saturated heterocycles. The Labute approximate surface area is 141 Å². The predicted octanol–water partition coefficient (Wildman–Crippen LogP) is 2.67. The molecule has 0 aromatic heterocycles. The second-order valence-electron chi connectivity index (χ2n) is 4.88. The standard InChI is InChI=1S/C16H18O4S3/c17-22(18,15-7-3-1-4-8-15)13-11-21-12-14-23(19,20)16-9-5-2-6-10-16/h1-10H,11-14H2. The van der Waals surface area contributed by atoms with Gasteiger partial charge in [-0.1, -0.05) is 36.4 Å². The minimum absolute atomic E-state index is 0.00701. The van der Waals surface area contributed by atoms with E-state index in [-0.39, 0.29) is 11.5 Å². The van der Waals surface area contributed by atoms with Crippen LogP contribution in [0.25, 0.3) is 0 Å². The zero-order valence-electron chi connectivity index (χ0n) is 12.5. The van der Waals surface area contributed by atoms with E-state index < -0.39 is 19.7 Å². The number of hydrogen-bond donors (Lipinski definition) is 0. The predicted molar refractivity (Wildman–Crippen MR) is 94.3 cm³/mol. The van der Waals surface area contributed by atoms with Crippen molar-refractivity contribution in [1.82, 2.24) is 0 Å². The fourth-order valence-electron chi connectivity index (χ4n) is 1.93. The zero-order chi connectivity index (χ0) is 16.8. The van der Waals surface area contributed by atoms with Gasteiger partial charge >= 0.3 is 0 Å². The average Bonchev–Trinajstić information content (AvgIpc) is 2.56. The van der Waals surface area contributed by atoms with Crippen molar-refractivity contribution in [3.8, 4) is 0 Å². The van der Waals surface area contributed by atoms with Gasteiger partial charge in [-0.3, -0.25) is 0 Å². The van der Waals surface area contributed by atoms with Crippen molar-refractivity contribution in [2.75, 3.05) is 23.0 Å². The first-order chi connectivity index (χ1) is 10.9. The largest absolute Gasteiger partial charge is 0.224 e. The molecular weight excluding hydrogens is 352 g/mol. The van der Waals surface area contributed by atoms with Crippen molar-refractivity contribution in [3.05, 3.63) is 60.7 Å². The minimum Gasteiger partial charge on any atom is -0.224 e. The normalized spacial score (nSPS) is 12.2. The van der Waals surface area contributed by atoms with E-state index in [1.165, 1.54) is 11.8 Å². The van der Waals surface area contributed by atoms with Crippen molar-refractivity contribution >= 4 is 31.4 Å². The van der Waals surface area contributed by atoms with Crippen LogP contribution in [-0.4, -0.2) is 39.8 Å². The quantitative estimate of drug-likeness (QED) is 0.668. The summed E-state index contributed by atoms with van der Waals surface area (Å²) in [5.74, 6) is 0.767. The van der Waals surface area contributed by atoms with E-state index in [0.29, 0.717) is 21.3 Å². The highest BCUT2D eigenvalue weighted by atomic mass is 32.2. The fourth-order valence-corrected chi connectivity index (χ4v) is 6.45. The Hall–Kier alpha value is -1.31. The molecule has 2 aromatic rings. The van der Waals surface area contributed by atoms with Crippen molar-refractivity contribution in [3.63, 3.8) is 0 Å². The molecule has 2 aromatic carbocycles. The van der Waals surface area contributed by atoms with Gasteiger partial charge in [0, 0.05) is 11.5 Å². The molecule has 0 aliphatic rings. The lowest BCUT2D eigenvalue weighted by molar-refractivity contribution is 0.596. The third kappa shape index (κ3) is 5.37. The number of hydrogen-bond acceptors (Lipinski definition) is 5. The fraction of sp³-hybridized carbons (Fsp3) is 0.250. The topological polar surface area (TPSA) is 68.3 Å². The Balaban J connectivity index is 1.80. The summed E-state index contributed by atoms with van der Waals surface area (Å²) in [5, 5.41) is 0. The van der Waals surface area contributed by atoms with Crippen LogP contribution in [0.1, 0.15) is 0 Å². The number of rotatable bonds is 8. The molecule has 23 heavy (non-hydrogen) atoms. The Bertz CT molecular complexity index is 743. The molecule has 0 spiro atoms. The molecule has 7 heteroatoms. The molecule has 0 N–H and O–H groups in total. The highest BCUT2D eigenvalue weighted by Gasteiger charge is 2.15. The monoisotopic (exact) mass is 370 g/mol. The molecule has 4 nitrogen and oxygen atoms in total. The molecule has 0 amide bonds. The second-order valence-corrected chi connectivity index (χ2v) is 10.3. The van der Waals surface area contributed by atoms with Gasteiger partial charge in [-0.15, -0.1) is 0 Å². The van der Waals surface area contributed by atoms with Gasteiger partial charge in [-0.25, -0.2) is 16.8 Å². The summed E-state index contributed by atoms with van der Waals surface area (Å²) in [4.78, 5) is 0.606. The first-order valence-corrected chi connectivity index (χ1v) is 11.5. The lowest BCUT2D eigenvalue weighted by Gasteiger charge is -2.06. The number of benzene rings is 2. The Morgan fingerprint density at radius 2 is 0.957 bits per heavy atom. The van der Waals surface area contributed by atoms with Crippen LogP contribution in [0.3, 0.4) is 0 Å². The maximum Gasteiger partial charge on any atom is 0.179 e.